The highest BCUT2D eigenvalue weighted by atomic mass is 16.2. The van der Waals surface area contributed by atoms with E-state index in [2.05, 4.69) is 16.2 Å². The van der Waals surface area contributed by atoms with E-state index in [0.29, 0.717) is 0 Å². The zero-order chi connectivity index (χ0) is 8.81. The van der Waals surface area contributed by atoms with Gasteiger partial charge in [-0.15, -0.1) is 0 Å². The van der Waals surface area contributed by atoms with Gasteiger partial charge in [-0.05, 0) is 12.1 Å². The Labute approximate surface area is 70.9 Å². The maximum Gasteiger partial charge on any atom is 0.333 e. The lowest BCUT2D eigenvalue weighted by atomic mass is 10.3. The van der Waals surface area contributed by atoms with Crippen molar-refractivity contribution in [2.45, 2.75) is 0 Å². The van der Waals surface area contributed by atoms with Crippen molar-refractivity contribution in [3.63, 3.8) is 0 Å². The summed E-state index contributed by atoms with van der Waals surface area (Å²) in [4.78, 5) is 10.9. The number of para-hydroxylation sites is 1. The van der Waals surface area contributed by atoms with Gasteiger partial charge in [-0.25, -0.2) is 10.2 Å². The van der Waals surface area contributed by atoms with Gasteiger partial charge in [0.25, 0.3) is 0 Å². The highest BCUT2D eigenvalue weighted by molar-refractivity contribution is 5.88. The summed E-state index contributed by atoms with van der Waals surface area (Å²) in [5.41, 5.74) is 5.69. The fraction of sp³-hybridized carbons (Fsp3) is 0.125. The van der Waals surface area contributed by atoms with Crippen LogP contribution in [0.1, 0.15) is 0 Å². The fourth-order valence-corrected chi connectivity index (χ4v) is 0.797. The van der Waals surface area contributed by atoms with Crippen molar-refractivity contribution in [2.75, 3.05) is 12.4 Å². The molecule has 0 radical (unpaired) electrons. The Morgan fingerprint density at radius 1 is 1.25 bits per heavy atom. The summed E-state index contributed by atoms with van der Waals surface area (Å²) in [5.74, 6) is 0. The first-order valence-corrected chi connectivity index (χ1v) is 3.61. The van der Waals surface area contributed by atoms with Crippen LogP contribution in [-0.4, -0.2) is 13.1 Å². The number of hydrazine groups is 1. The Morgan fingerprint density at radius 2 is 1.92 bits per heavy atom. The molecule has 3 N–H and O–H groups in total. The lowest BCUT2D eigenvalue weighted by Crippen LogP contribution is -2.37. The zero-order valence-corrected chi connectivity index (χ0v) is 6.79. The van der Waals surface area contributed by atoms with Crippen molar-refractivity contribution in [1.29, 1.82) is 0 Å². The summed E-state index contributed by atoms with van der Waals surface area (Å²) in [6.45, 7) is 0. The number of amides is 2. The van der Waals surface area contributed by atoms with Gasteiger partial charge in [-0.2, -0.15) is 0 Å². The van der Waals surface area contributed by atoms with Crippen LogP contribution in [0.15, 0.2) is 30.3 Å². The van der Waals surface area contributed by atoms with Gasteiger partial charge in [-0.1, -0.05) is 18.2 Å². The number of rotatable bonds is 2. The van der Waals surface area contributed by atoms with Crippen LogP contribution in [0.3, 0.4) is 0 Å². The van der Waals surface area contributed by atoms with Crippen LogP contribution in [-0.2, 0) is 0 Å². The van der Waals surface area contributed by atoms with E-state index in [-0.39, 0.29) is 6.03 Å². The molecule has 1 aromatic carbocycles. The minimum absolute atomic E-state index is 0.274. The largest absolute Gasteiger partial charge is 0.333 e. The number of carbonyl (C=O) groups is 1. The Kier molecular flexibility index (Phi) is 3.10. The van der Waals surface area contributed by atoms with Crippen LogP contribution in [0.4, 0.5) is 10.5 Å². The molecule has 0 atom stereocenters. The standard InChI is InChI=1S/C8H11N3O/c1-9-11-8(12)10-7-5-3-2-4-6-7/h2-6,9H,1H3,(H2,10,11,12). The van der Waals surface area contributed by atoms with Gasteiger partial charge in [0.1, 0.15) is 0 Å². The van der Waals surface area contributed by atoms with Crippen LogP contribution >= 0.6 is 0 Å². The van der Waals surface area contributed by atoms with E-state index >= 15 is 0 Å². The van der Waals surface area contributed by atoms with Gasteiger partial charge >= 0.3 is 6.03 Å². The van der Waals surface area contributed by atoms with Crippen LogP contribution in [0.5, 0.6) is 0 Å². The van der Waals surface area contributed by atoms with E-state index in [4.69, 9.17) is 0 Å². The van der Waals surface area contributed by atoms with Gasteiger partial charge in [0.05, 0.1) is 0 Å². The van der Waals surface area contributed by atoms with Crippen LogP contribution in [0, 0.1) is 0 Å². The van der Waals surface area contributed by atoms with Crippen LogP contribution < -0.4 is 16.2 Å². The molecule has 0 spiro atoms. The summed E-state index contributed by atoms with van der Waals surface area (Å²) < 4.78 is 0. The molecule has 0 saturated carbocycles. The summed E-state index contributed by atoms with van der Waals surface area (Å²) >= 11 is 0. The number of hydrogen-bond acceptors (Lipinski definition) is 2. The lowest BCUT2D eigenvalue weighted by Gasteiger charge is -2.04. The van der Waals surface area contributed by atoms with E-state index < -0.39 is 0 Å². The lowest BCUT2D eigenvalue weighted by molar-refractivity contribution is 0.249. The Bertz CT molecular complexity index is 248. The zero-order valence-electron chi connectivity index (χ0n) is 6.79. The molecule has 0 heterocycles. The SMILES string of the molecule is CNNC(=O)Nc1ccccc1. The van der Waals surface area contributed by atoms with E-state index in [1.807, 2.05) is 30.3 Å². The summed E-state index contributed by atoms with van der Waals surface area (Å²) in [6, 6.07) is 8.96. The average molecular weight is 165 g/mol. The first kappa shape index (κ1) is 8.55. The molecular formula is C8H11N3O. The quantitative estimate of drug-likeness (QED) is 0.571. The van der Waals surface area contributed by atoms with E-state index in [0.717, 1.165) is 5.69 Å². The predicted octanol–water partition coefficient (Wildman–Crippen LogP) is 0.942. The van der Waals surface area contributed by atoms with Crippen LogP contribution in [0.2, 0.25) is 0 Å². The topological polar surface area (TPSA) is 53.2 Å². The third-order valence-corrected chi connectivity index (χ3v) is 1.27. The van der Waals surface area contributed by atoms with Crippen molar-refractivity contribution in [2.24, 2.45) is 0 Å². The van der Waals surface area contributed by atoms with Crippen molar-refractivity contribution < 1.29 is 4.79 Å². The molecule has 0 aliphatic carbocycles. The number of hydrogen-bond donors (Lipinski definition) is 3. The first-order valence-electron chi connectivity index (χ1n) is 3.61. The van der Waals surface area contributed by atoms with Crippen molar-refractivity contribution in [3.05, 3.63) is 30.3 Å². The second-order valence-corrected chi connectivity index (χ2v) is 2.20. The molecular weight excluding hydrogens is 154 g/mol. The van der Waals surface area contributed by atoms with E-state index in [1.54, 1.807) is 7.05 Å². The second kappa shape index (κ2) is 4.35. The molecule has 4 heteroatoms. The molecule has 0 aliphatic rings. The Morgan fingerprint density at radius 3 is 2.50 bits per heavy atom. The third kappa shape index (κ3) is 2.59. The Hall–Kier alpha value is -1.55. The molecule has 12 heavy (non-hydrogen) atoms. The molecule has 0 bridgehead atoms. The second-order valence-electron chi connectivity index (χ2n) is 2.20. The highest BCUT2D eigenvalue weighted by Crippen LogP contribution is 2.03. The molecule has 0 aromatic heterocycles. The van der Waals surface area contributed by atoms with Gasteiger partial charge in [-0.3, -0.25) is 5.43 Å². The van der Waals surface area contributed by atoms with Crippen molar-refractivity contribution in [3.8, 4) is 0 Å². The average Bonchev–Trinajstić information content (AvgIpc) is 2.06. The molecule has 2 amide bonds. The van der Waals surface area contributed by atoms with Gasteiger partial charge in [0.2, 0.25) is 0 Å². The van der Waals surface area contributed by atoms with Crippen LogP contribution in [0.25, 0.3) is 0 Å². The van der Waals surface area contributed by atoms with E-state index in [9.17, 15) is 4.79 Å². The maximum absolute atomic E-state index is 10.9. The number of anilines is 1. The molecule has 0 fully saturated rings. The monoisotopic (exact) mass is 165 g/mol. The molecule has 64 valence electrons. The minimum atomic E-state index is -0.274. The van der Waals surface area contributed by atoms with Gasteiger partial charge < -0.3 is 5.32 Å². The molecule has 0 saturated heterocycles. The summed E-state index contributed by atoms with van der Waals surface area (Å²) in [7, 11) is 1.63. The predicted molar refractivity (Wildman–Crippen MR) is 47.7 cm³/mol. The molecule has 4 nitrogen and oxygen atoms in total. The first-order chi connectivity index (χ1) is 5.83. The normalized spacial score (nSPS) is 9.08. The molecule has 1 rings (SSSR count). The Balaban J connectivity index is 2.47. The maximum atomic E-state index is 10.9. The third-order valence-electron chi connectivity index (χ3n) is 1.27. The number of carbonyl (C=O) groups excluding carboxylic acids is 1. The summed E-state index contributed by atoms with van der Waals surface area (Å²) in [5, 5.41) is 2.63. The van der Waals surface area contributed by atoms with Crippen molar-refractivity contribution in [1.82, 2.24) is 10.9 Å². The minimum Gasteiger partial charge on any atom is -0.307 e. The van der Waals surface area contributed by atoms with Gasteiger partial charge in [0, 0.05) is 12.7 Å². The number of urea groups is 1. The molecule has 0 unspecified atom stereocenters. The number of nitrogens with one attached hydrogen (secondary N) is 3. The smallest absolute Gasteiger partial charge is 0.307 e. The van der Waals surface area contributed by atoms with Gasteiger partial charge in [0.15, 0.2) is 0 Å². The fourth-order valence-electron chi connectivity index (χ4n) is 0.797. The van der Waals surface area contributed by atoms with Crippen molar-refractivity contribution >= 4 is 11.7 Å². The molecule has 1 aromatic rings. The number of benzene rings is 1. The highest BCUT2D eigenvalue weighted by Gasteiger charge is 1.96. The summed E-state index contributed by atoms with van der Waals surface area (Å²) in [6.07, 6.45) is 0. The van der Waals surface area contributed by atoms with E-state index in [1.165, 1.54) is 0 Å². The molecule has 0 aliphatic heterocycles.